The fourth-order valence-corrected chi connectivity index (χ4v) is 1.25. The summed E-state index contributed by atoms with van der Waals surface area (Å²) >= 11 is 0. The second-order valence-corrected chi connectivity index (χ2v) is 3.78. The summed E-state index contributed by atoms with van der Waals surface area (Å²) in [5, 5.41) is 8.04. The Morgan fingerprint density at radius 3 is 2.17 bits per heavy atom. The lowest BCUT2D eigenvalue weighted by atomic mass is 10.0. The van der Waals surface area contributed by atoms with Crippen molar-refractivity contribution in [3.05, 3.63) is 0 Å². The van der Waals surface area contributed by atoms with Gasteiger partial charge in [0, 0.05) is 0 Å². The van der Waals surface area contributed by atoms with Gasteiger partial charge in [-0.2, -0.15) is 0 Å². The quantitative estimate of drug-likeness (QED) is 0.347. The van der Waals surface area contributed by atoms with Gasteiger partial charge in [-0.05, 0) is 12.3 Å². The molecular weight excluding hydrogens is 152 g/mol. The van der Waals surface area contributed by atoms with Crippen molar-refractivity contribution in [1.82, 2.24) is 0 Å². The summed E-state index contributed by atoms with van der Waals surface area (Å²) in [7, 11) is 0. The van der Waals surface area contributed by atoms with Crippen LogP contribution in [0.2, 0.25) is 0 Å². The van der Waals surface area contributed by atoms with E-state index in [2.05, 4.69) is 18.7 Å². The molecule has 0 aromatic carbocycles. The van der Waals surface area contributed by atoms with Gasteiger partial charge in [-0.15, -0.1) is 0 Å². The van der Waals surface area contributed by atoms with Gasteiger partial charge in [0.1, 0.15) is 0 Å². The van der Waals surface area contributed by atoms with Crippen molar-refractivity contribution < 1.29 is 10.1 Å². The Morgan fingerprint density at radius 1 is 1.00 bits per heavy atom. The van der Waals surface area contributed by atoms with Gasteiger partial charge in [0.05, 0.1) is 6.61 Å². The Hall–Kier alpha value is -0.0800. The molecule has 0 rings (SSSR count). The number of hydrogen-bond acceptors (Lipinski definition) is 2. The molecule has 0 bridgehead atoms. The Morgan fingerprint density at radius 2 is 1.58 bits per heavy atom. The van der Waals surface area contributed by atoms with Crippen LogP contribution in [0.4, 0.5) is 0 Å². The molecule has 2 nitrogen and oxygen atoms in total. The van der Waals surface area contributed by atoms with E-state index in [1.807, 2.05) is 0 Å². The molecule has 0 atom stereocenters. The minimum Gasteiger partial charge on any atom is -0.252 e. The van der Waals surface area contributed by atoms with Crippen LogP contribution in [-0.2, 0) is 4.89 Å². The molecule has 0 saturated heterocycles. The van der Waals surface area contributed by atoms with E-state index in [0.29, 0.717) is 6.61 Å². The highest BCUT2D eigenvalue weighted by molar-refractivity contribution is 4.47. The first kappa shape index (κ1) is 11.9. The number of rotatable bonds is 8. The van der Waals surface area contributed by atoms with Crippen LogP contribution in [-0.4, -0.2) is 11.9 Å². The van der Waals surface area contributed by atoms with E-state index in [9.17, 15) is 0 Å². The van der Waals surface area contributed by atoms with E-state index in [-0.39, 0.29) is 0 Å². The topological polar surface area (TPSA) is 29.5 Å². The summed E-state index contributed by atoms with van der Waals surface area (Å²) in [5.41, 5.74) is 0. The Labute approximate surface area is 75.9 Å². The molecule has 74 valence electrons. The smallest absolute Gasteiger partial charge is 0.0819 e. The maximum absolute atomic E-state index is 8.04. The first-order chi connectivity index (χ1) is 5.77. The summed E-state index contributed by atoms with van der Waals surface area (Å²) in [4.78, 5) is 3.99. The molecule has 0 aliphatic carbocycles. The van der Waals surface area contributed by atoms with Crippen LogP contribution in [0.15, 0.2) is 0 Å². The molecule has 0 saturated carbocycles. The molecule has 0 fully saturated rings. The molecule has 2 heteroatoms. The SMILES string of the molecule is CC(C)CCCCCCCOO. The van der Waals surface area contributed by atoms with Gasteiger partial charge in [-0.3, -0.25) is 5.26 Å². The molecule has 0 heterocycles. The summed E-state index contributed by atoms with van der Waals surface area (Å²) in [6.07, 6.45) is 7.45. The summed E-state index contributed by atoms with van der Waals surface area (Å²) in [5.74, 6) is 0.839. The second kappa shape index (κ2) is 9.01. The van der Waals surface area contributed by atoms with Crippen molar-refractivity contribution in [2.75, 3.05) is 6.61 Å². The van der Waals surface area contributed by atoms with E-state index in [0.717, 1.165) is 12.3 Å². The summed E-state index contributed by atoms with van der Waals surface area (Å²) in [6, 6.07) is 0. The highest BCUT2D eigenvalue weighted by Gasteiger charge is 1.94. The van der Waals surface area contributed by atoms with E-state index in [1.165, 1.54) is 32.1 Å². The van der Waals surface area contributed by atoms with Crippen LogP contribution in [0.1, 0.15) is 52.4 Å². The van der Waals surface area contributed by atoms with Crippen LogP contribution < -0.4 is 0 Å². The molecule has 0 aromatic rings. The van der Waals surface area contributed by atoms with Crippen molar-refractivity contribution in [1.29, 1.82) is 0 Å². The van der Waals surface area contributed by atoms with Crippen LogP contribution in [0.3, 0.4) is 0 Å². The minimum absolute atomic E-state index is 0.490. The number of hydrogen-bond donors (Lipinski definition) is 1. The third-order valence-electron chi connectivity index (χ3n) is 2.02. The summed E-state index contributed by atoms with van der Waals surface area (Å²) < 4.78 is 0. The fourth-order valence-electron chi connectivity index (χ4n) is 1.25. The van der Waals surface area contributed by atoms with Gasteiger partial charge in [0.15, 0.2) is 0 Å². The molecular formula is C10H22O2. The van der Waals surface area contributed by atoms with Crippen molar-refractivity contribution >= 4 is 0 Å². The zero-order valence-electron chi connectivity index (χ0n) is 8.38. The molecule has 1 N–H and O–H groups in total. The molecule has 0 amide bonds. The van der Waals surface area contributed by atoms with Gasteiger partial charge < -0.3 is 0 Å². The van der Waals surface area contributed by atoms with E-state index >= 15 is 0 Å². The molecule has 0 unspecified atom stereocenters. The first-order valence-corrected chi connectivity index (χ1v) is 5.03. The fraction of sp³-hybridized carbons (Fsp3) is 1.00. The Balaban J connectivity index is 2.82. The van der Waals surface area contributed by atoms with E-state index in [4.69, 9.17) is 5.26 Å². The maximum Gasteiger partial charge on any atom is 0.0819 e. The molecule has 12 heavy (non-hydrogen) atoms. The molecule has 0 aliphatic heterocycles. The Kier molecular flexibility index (Phi) is 8.95. The zero-order valence-corrected chi connectivity index (χ0v) is 8.38. The van der Waals surface area contributed by atoms with Gasteiger partial charge in [-0.25, -0.2) is 4.89 Å². The first-order valence-electron chi connectivity index (χ1n) is 5.03. The molecule has 0 spiro atoms. The van der Waals surface area contributed by atoms with E-state index in [1.54, 1.807) is 0 Å². The van der Waals surface area contributed by atoms with Crippen LogP contribution >= 0.6 is 0 Å². The van der Waals surface area contributed by atoms with Gasteiger partial charge >= 0.3 is 0 Å². The van der Waals surface area contributed by atoms with Crippen molar-refractivity contribution in [2.24, 2.45) is 5.92 Å². The second-order valence-electron chi connectivity index (χ2n) is 3.78. The summed E-state index contributed by atoms with van der Waals surface area (Å²) in [6.45, 7) is 5.02. The Bertz CT molecular complexity index is 81.9. The van der Waals surface area contributed by atoms with Crippen LogP contribution in [0.25, 0.3) is 0 Å². The predicted molar refractivity (Wildman–Crippen MR) is 51.1 cm³/mol. The third-order valence-corrected chi connectivity index (χ3v) is 2.02. The molecule has 0 radical (unpaired) electrons. The van der Waals surface area contributed by atoms with Crippen molar-refractivity contribution in [2.45, 2.75) is 52.4 Å². The lowest BCUT2D eigenvalue weighted by molar-refractivity contribution is -0.242. The maximum atomic E-state index is 8.04. The van der Waals surface area contributed by atoms with Crippen molar-refractivity contribution in [3.63, 3.8) is 0 Å². The molecule has 0 aliphatic rings. The zero-order chi connectivity index (χ0) is 9.23. The monoisotopic (exact) mass is 174 g/mol. The van der Waals surface area contributed by atoms with Gasteiger partial charge in [-0.1, -0.05) is 46.0 Å². The van der Waals surface area contributed by atoms with Crippen molar-refractivity contribution in [3.8, 4) is 0 Å². The normalized spacial score (nSPS) is 11.0. The van der Waals surface area contributed by atoms with E-state index < -0.39 is 0 Å². The highest BCUT2D eigenvalue weighted by Crippen LogP contribution is 2.10. The van der Waals surface area contributed by atoms with Gasteiger partial charge in [0.2, 0.25) is 0 Å². The molecule has 0 aromatic heterocycles. The third kappa shape index (κ3) is 9.92. The number of unbranched alkanes of at least 4 members (excludes halogenated alkanes) is 4. The average molecular weight is 174 g/mol. The largest absolute Gasteiger partial charge is 0.252 e. The standard InChI is InChI=1S/C10H22O2/c1-10(2)8-6-4-3-5-7-9-12-11/h10-11H,3-9H2,1-2H3. The van der Waals surface area contributed by atoms with Gasteiger partial charge in [0.25, 0.3) is 0 Å². The highest BCUT2D eigenvalue weighted by atomic mass is 17.1. The average Bonchev–Trinajstić information content (AvgIpc) is 2.02. The lowest BCUT2D eigenvalue weighted by Gasteiger charge is -2.03. The van der Waals surface area contributed by atoms with Crippen LogP contribution in [0.5, 0.6) is 0 Å². The minimum atomic E-state index is 0.490. The lowest BCUT2D eigenvalue weighted by Crippen LogP contribution is -1.90. The predicted octanol–water partition coefficient (Wildman–Crippen LogP) is 3.47. The van der Waals surface area contributed by atoms with Crippen LogP contribution in [0, 0.1) is 5.92 Å².